The van der Waals surface area contributed by atoms with Gasteiger partial charge in [0.25, 0.3) is 0 Å². The molecule has 19 heavy (non-hydrogen) atoms. The maximum Gasteiger partial charge on any atom is 0.0947 e. The van der Waals surface area contributed by atoms with Crippen molar-refractivity contribution in [3.05, 3.63) is 0 Å². The third-order valence-corrected chi connectivity index (χ3v) is 2.82. The zero-order chi connectivity index (χ0) is 14.3. The molecule has 0 spiro atoms. The van der Waals surface area contributed by atoms with E-state index in [2.05, 4.69) is 13.0 Å². The second kappa shape index (κ2) is 13.8. The predicted octanol–water partition coefficient (Wildman–Crippen LogP) is 1.68. The molecule has 0 aromatic rings. The average Bonchev–Trinajstić information content (AvgIpc) is 2.43. The van der Waals surface area contributed by atoms with Crippen LogP contribution in [-0.4, -0.2) is 64.2 Å². The molecule has 0 fully saturated rings. The second-order valence-electron chi connectivity index (χ2n) is 4.48. The van der Waals surface area contributed by atoms with Crippen molar-refractivity contribution in [3.63, 3.8) is 0 Å². The molecular formula is C14H28N2O3. The molecule has 1 atom stereocenters. The van der Waals surface area contributed by atoms with Crippen molar-refractivity contribution < 1.29 is 14.2 Å². The largest absolute Gasteiger partial charge is 0.379 e. The molecule has 0 bridgehead atoms. The van der Waals surface area contributed by atoms with E-state index in [0.717, 1.165) is 26.0 Å². The first-order valence-electron chi connectivity index (χ1n) is 7.05. The Balaban J connectivity index is 3.13. The summed E-state index contributed by atoms with van der Waals surface area (Å²) in [5, 5.41) is 8.72. The van der Waals surface area contributed by atoms with Gasteiger partial charge in [0.1, 0.15) is 0 Å². The Morgan fingerprint density at radius 2 is 1.53 bits per heavy atom. The van der Waals surface area contributed by atoms with Crippen LogP contribution in [0.5, 0.6) is 0 Å². The van der Waals surface area contributed by atoms with Crippen molar-refractivity contribution in [2.45, 2.75) is 32.7 Å². The Labute approximate surface area is 117 Å². The lowest BCUT2D eigenvalue weighted by atomic mass is 10.3. The van der Waals surface area contributed by atoms with Crippen LogP contribution in [0.2, 0.25) is 0 Å². The smallest absolute Gasteiger partial charge is 0.0947 e. The standard InChI is InChI=1S/C14H28N2O3/c1-4-5-7-17-9-11-19-12-10-18-8-6-16(3)14(2)13-15/h14H,4-12H2,1-3H3. The maximum absolute atomic E-state index is 8.72. The van der Waals surface area contributed by atoms with Gasteiger partial charge in [0.15, 0.2) is 0 Å². The monoisotopic (exact) mass is 272 g/mol. The van der Waals surface area contributed by atoms with Gasteiger partial charge in [0.05, 0.1) is 45.1 Å². The first-order chi connectivity index (χ1) is 9.22. The average molecular weight is 272 g/mol. The third-order valence-electron chi connectivity index (χ3n) is 2.82. The number of ether oxygens (including phenoxy) is 3. The molecule has 5 nitrogen and oxygen atoms in total. The summed E-state index contributed by atoms with van der Waals surface area (Å²) in [6, 6.07) is 2.12. The van der Waals surface area contributed by atoms with E-state index in [-0.39, 0.29) is 6.04 Å². The van der Waals surface area contributed by atoms with E-state index in [1.54, 1.807) is 0 Å². The number of unbranched alkanes of at least 4 members (excludes halogenated alkanes) is 1. The van der Waals surface area contributed by atoms with Gasteiger partial charge in [0.2, 0.25) is 0 Å². The van der Waals surface area contributed by atoms with Gasteiger partial charge < -0.3 is 14.2 Å². The third kappa shape index (κ3) is 12.1. The van der Waals surface area contributed by atoms with Gasteiger partial charge in [-0.1, -0.05) is 13.3 Å². The van der Waals surface area contributed by atoms with E-state index in [0.29, 0.717) is 33.0 Å². The Kier molecular flexibility index (Phi) is 13.3. The normalized spacial score (nSPS) is 12.6. The molecule has 0 aliphatic carbocycles. The Bertz CT molecular complexity index is 231. The molecule has 0 heterocycles. The topological polar surface area (TPSA) is 54.7 Å². The lowest BCUT2D eigenvalue weighted by Gasteiger charge is -2.18. The Morgan fingerprint density at radius 3 is 2.05 bits per heavy atom. The van der Waals surface area contributed by atoms with Crippen LogP contribution in [0.15, 0.2) is 0 Å². The van der Waals surface area contributed by atoms with Gasteiger partial charge in [-0.2, -0.15) is 5.26 Å². The lowest BCUT2D eigenvalue weighted by Crippen LogP contribution is -2.31. The maximum atomic E-state index is 8.72. The molecule has 0 N–H and O–H groups in total. The summed E-state index contributed by atoms with van der Waals surface area (Å²) in [7, 11) is 1.92. The van der Waals surface area contributed by atoms with Gasteiger partial charge >= 0.3 is 0 Å². The molecule has 112 valence electrons. The zero-order valence-corrected chi connectivity index (χ0v) is 12.6. The fourth-order valence-electron chi connectivity index (χ4n) is 1.29. The molecule has 0 aromatic carbocycles. The summed E-state index contributed by atoms with van der Waals surface area (Å²) in [6.07, 6.45) is 2.27. The minimum atomic E-state index is -0.0693. The molecule has 0 rings (SSSR count). The zero-order valence-electron chi connectivity index (χ0n) is 12.6. The summed E-state index contributed by atoms with van der Waals surface area (Å²) in [5.41, 5.74) is 0. The molecule has 1 unspecified atom stereocenters. The molecule has 0 aliphatic heterocycles. The fourth-order valence-corrected chi connectivity index (χ4v) is 1.29. The number of hydrogen-bond donors (Lipinski definition) is 0. The quantitative estimate of drug-likeness (QED) is 0.477. The van der Waals surface area contributed by atoms with E-state index < -0.39 is 0 Å². The van der Waals surface area contributed by atoms with E-state index in [1.165, 1.54) is 0 Å². The van der Waals surface area contributed by atoms with Gasteiger partial charge in [-0.15, -0.1) is 0 Å². The molecule has 0 amide bonds. The highest BCUT2D eigenvalue weighted by atomic mass is 16.5. The highest BCUT2D eigenvalue weighted by Gasteiger charge is 2.06. The van der Waals surface area contributed by atoms with Crippen molar-refractivity contribution in [1.29, 1.82) is 5.26 Å². The summed E-state index contributed by atoms with van der Waals surface area (Å²) in [6.45, 7) is 8.68. The fraction of sp³-hybridized carbons (Fsp3) is 0.929. The van der Waals surface area contributed by atoms with Crippen LogP contribution in [0.4, 0.5) is 0 Å². The van der Waals surface area contributed by atoms with E-state index >= 15 is 0 Å². The molecule has 0 saturated heterocycles. The minimum absolute atomic E-state index is 0.0693. The first kappa shape index (κ1) is 18.3. The predicted molar refractivity (Wildman–Crippen MR) is 75.1 cm³/mol. The van der Waals surface area contributed by atoms with E-state index in [1.807, 2.05) is 18.9 Å². The van der Waals surface area contributed by atoms with E-state index in [4.69, 9.17) is 19.5 Å². The summed E-state index contributed by atoms with van der Waals surface area (Å²) >= 11 is 0. The summed E-state index contributed by atoms with van der Waals surface area (Å²) in [5.74, 6) is 0. The molecule has 0 radical (unpaired) electrons. The van der Waals surface area contributed by atoms with Crippen LogP contribution in [0.1, 0.15) is 26.7 Å². The molecule has 0 aromatic heterocycles. The van der Waals surface area contributed by atoms with Crippen molar-refractivity contribution >= 4 is 0 Å². The number of rotatable bonds is 13. The lowest BCUT2D eigenvalue weighted by molar-refractivity contribution is 0.0106. The molecule has 5 heteroatoms. The van der Waals surface area contributed by atoms with E-state index in [9.17, 15) is 0 Å². The highest BCUT2D eigenvalue weighted by molar-refractivity contribution is 4.86. The van der Waals surface area contributed by atoms with Gasteiger partial charge in [-0.25, -0.2) is 0 Å². The van der Waals surface area contributed by atoms with Crippen molar-refractivity contribution in [1.82, 2.24) is 4.90 Å². The van der Waals surface area contributed by atoms with Crippen LogP contribution in [0.25, 0.3) is 0 Å². The SMILES string of the molecule is CCCCOCCOCCOCCN(C)C(C)C#N. The van der Waals surface area contributed by atoms with Crippen LogP contribution >= 0.6 is 0 Å². The Hall–Kier alpha value is -0.670. The summed E-state index contributed by atoms with van der Waals surface area (Å²) < 4.78 is 16.2. The minimum Gasteiger partial charge on any atom is -0.379 e. The second-order valence-corrected chi connectivity index (χ2v) is 4.48. The number of nitriles is 1. The molecule has 0 saturated carbocycles. The molecular weight excluding hydrogens is 244 g/mol. The van der Waals surface area contributed by atoms with Crippen molar-refractivity contribution in [2.24, 2.45) is 0 Å². The van der Waals surface area contributed by atoms with Crippen LogP contribution < -0.4 is 0 Å². The number of nitrogens with zero attached hydrogens (tertiary/aromatic N) is 2. The number of hydrogen-bond acceptors (Lipinski definition) is 5. The van der Waals surface area contributed by atoms with Crippen LogP contribution in [0, 0.1) is 11.3 Å². The number of likely N-dealkylation sites (N-methyl/N-ethyl adjacent to an activating group) is 1. The van der Waals surface area contributed by atoms with Crippen molar-refractivity contribution in [2.75, 3.05) is 53.2 Å². The Morgan fingerprint density at radius 1 is 1.00 bits per heavy atom. The molecule has 0 aliphatic rings. The van der Waals surface area contributed by atoms with Crippen LogP contribution in [-0.2, 0) is 14.2 Å². The van der Waals surface area contributed by atoms with Gasteiger partial charge in [-0.3, -0.25) is 4.90 Å². The van der Waals surface area contributed by atoms with Gasteiger partial charge in [-0.05, 0) is 20.4 Å². The summed E-state index contributed by atoms with van der Waals surface area (Å²) in [4.78, 5) is 1.96. The van der Waals surface area contributed by atoms with Crippen molar-refractivity contribution in [3.8, 4) is 6.07 Å². The highest BCUT2D eigenvalue weighted by Crippen LogP contribution is 1.92. The first-order valence-corrected chi connectivity index (χ1v) is 7.05. The van der Waals surface area contributed by atoms with Crippen LogP contribution in [0.3, 0.4) is 0 Å². The van der Waals surface area contributed by atoms with Gasteiger partial charge in [0, 0.05) is 13.2 Å².